The molecule has 3 aromatic rings. The first kappa shape index (κ1) is 24.7. The fourth-order valence-corrected chi connectivity index (χ4v) is 5.52. The third-order valence-corrected chi connectivity index (χ3v) is 7.87. The zero-order valence-electron chi connectivity index (χ0n) is 21.7. The Hall–Kier alpha value is -3.65. The zero-order chi connectivity index (χ0) is 26.3. The van der Waals surface area contributed by atoms with Crippen LogP contribution in [0.2, 0.25) is 0 Å². The minimum Gasteiger partial charge on any atom is -0.493 e. The number of methoxy groups -OCH3 is 1. The number of allylic oxidation sites excluding steroid dienone is 1. The van der Waals surface area contributed by atoms with Gasteiger partial charge in [0.1, 0.15) is 5.75 Å². The number of aromatic nitrogens is 1. The van der Waals surface area contributed by atoms with Gasteiger partial charge in [-0.05, 0) is 49.9 Å². The molecule has 1 aliphatic carbocycles. The monoisotopic (exact) mass is 518 g/mol. The van der Waals surface area contributed by atoms with Crippen LogP contribution in [0.5, 0.6) is 23.0 Å². The van der Waals surface area contributed by atoms with Crippen molar-refractivity contribution in [1.82, 2.24) is 9.88 Å². The number of piperidine rings is 1. The standard InChI is InChI=1S/C30H31FN2O5/c1-19-13-20-3-4-25(29(31)21(20)14-19)38-24-5-9-32-23-16-27(26(35-2)15-22(23)24)37-12-6-28(34)33-10-7-30(8-11-33)17-36-18-30/h3-5,9,14-16H,6-8,10-13,17-18H2,1-2H3. The van der Waals surface area contributed by atoms with E-state index in [2.05, 4.69) is 4.98 Å². The van der Waals surface area contributed by atoms with Crippen molar-refractivity contribution in [3.05, 3.63) is 59.0 Å². The van der Waals surface area contributed by atoms with Crippen molar-refractivity contribution in [2.75, 3.05) is 40.0 Å². The van der Waals surface area contributed by atoms with E-state index in [4.69, 9.17) is 18.9 Å². The van der Waals surface area contributed by atoms with Gasteiger partial charge in [-0.1, -0.05) is 17.7 Å². The lowest BCUT2D eigenvalue weighted by molar-refractivity contribution is -0.153. The van der Waals surface area contributed by atoms with E-state index in [0.29, 0.717) is 39.1 Å². The average molecular weight is 519 g/mol. The molecule has 198 valence electrons. The summed E-state index contributed by atoms with van der Waals surface area (Å²) in [6.07, 6.45) is 6.52. The summed E-state index contributed by atoms with van der Waals surface area (Å²) in [6.45, 7) is 5.41. The number of likely N-dealkylation sites (tertiary alicyclic amines) is 1. The Kier molecular flexibility index (Phi) is 6.43. The summed E-state index contributed by atoms with van der Waals surface area (Å²) in [5, 5.41) is 0.668. The Morgan fingerprint density at radius 3 is 2.66 bits per heavy atom. The Labute approximate surface area is 221 Å². The second kappa shape index (κ2) is 9.91. The fraction of sp³-hybridized carbons (Fsp3) is 0.400. The molecule has 0 saturated carbocycles. The average Bonchev–Trinajstić information content (AvgIpc) is 3.30. The number of ether oxygens (including phenoxy) is 4. The number of amides is 1. The summed E-state index contributed by atoms with van der Waals surface area (Å²) < 4.78 is 38.1. The van der Waals surface area contributed by atoms with Crippen LogP contribution in [-0.4, -0.2) is 55.8 Å². The van der Waals surface area contributed by atoms with Crippen molar-refractivity contribution < 1.29 is 28.1 Å². The van der Waals surface area contributed by atoms with E-state index >= 15 is 4.39 Å². The van der Waals surface area contributed by atoms with Crippen LogP contribution < -0.4 is 14.2 Å². The van der Waals surface area contributed by atoms with E-state index in [1.54, 1.807) is 37.6 Å². The SMILES string of the molecule is COc1cc2c(Oc3ccc4c(c3F)C=C(C)C4)ccnc2cc1OCCC(=O)N1CCC2(CC1)COC2. The molecule has 6 rings (SSSR count). The van der Waals surface area contributed by atoms with Gasteiger partial charge in [0.15, 0.2) is 23.1 Å². The molecular formula is C30H31FN2O5. The number of rotatable bonds is 7. The van der Waals surface area contributed by atoms with Crippen molar-refractivity contribution in [3.8, 4) is 23.0 Å². The third-order valence-electron chi connectivity index (χ3n) is 7.87. The molecule has 1 amide bonds. The number of carbonyl (C=O) groups excluding carboxylic acids is 1. The van der Waals surface area contributed by atoms with Crippen molar-refractivity contribution in [1.29, 1.82) is 0 Å². The molecule has 0 N–H and O–H groups in total. The molecule has 3 heterocycles. The molecule has 2 aromatic carbocycles. The van der Waals surface area contributed by atoms with Crippen LogP contribution >= 0.6 is 0 Å². The quantitative estimate of drug-likeness (QED) is 0.409. The number of nitrogens with zero attached hydrogens (tertiary/aromatic N) is 2. The highest BCUT2D eigenvalue weighted by atomic mass is 19.1. The van der Waals surface area contributed by atoms with Crippen LogP contribution in [0.4, 0.5) is 4.39 Å². The maximum absolute atomic E-state index is 15.2. The van der Waals surface area contributed by atoms with Gasteiger partial charge >= 0.3 is 0 Å². The number of benzene rings is 2. The molecule has 2 saturated heterocycles. The van der Waals surface area contributed by atoms with Crippen LogP contribution in [0, 0.1) is 11.2 Å². The van der Waals surface area contributed by atoms with Gasteiger partial charge in [-0.2, -0.15) is 0 Å². The maximum Gasteiger partial charge on any atom is 0.225 e. The normalized spacial score (nSPS) is 17.7. The summed E-state index contributed by atoms with van der Waals surface area (Å²) >= 11 is 0. The predicted octanol–water partition coefficient (Wildman–Crippen LogP) is 5.54. The maximum atomic E-state index is 15.2. The van der Waals surface area contributed by atoms with Crippen LogP contribution in [0.15, 0.2) is 42.1 Å². The first-order chi connectivity index (χ1) is 18.4. The first-order valence-electron chi connectivity index (χ1n) is 13.1. The Morgan fingerprint density at radius 1 is 1.11 bits per heavy atom. The van der Waals surface area contributed by atoms with Crippen molar-refractivity contribution >= 4 is 22.9 Å². The molecule has 1 spiro atoms. The third kappa shape index (κ3) is 4.58. The smallest absolute Gasteiger partial charge is 0.225 e. The summed E-state index contributed by atoms with van der Waals surface area (Å²) in [7, 11) is 1.55. The molecule has 2 aliphatic heterocycles. The molecule has 3 aliphatic rings. The second-order valence-electron chi connectivity index (χ2n) is 10.5. The van der Waals surface area contributed by atoms with E-state index in [-0.39, 0.29) is 30.5 Å². The summed E-state index contributed by atoms with van der Waals surface area (Å²) in [4.78, 5) is 19.1. The van der Waals surface area contributed by atoms with Gasteiger partial charge in [-0.15, -0.1) is 0 Å². The van der Waals surface area contributed by atoms with Gasteiger partial charge in [0.05, 0.1) is 38.9 Å². The van der Waals surface area contributed by atoms with Crippen LogP contribution in [0.3, 0.4) is 0 Å². The highest BCUT2D eigenvalue weighted by Gasteiger charge is 2.41. The molecule has 0 atom stereocenters. The summed E-state index contributed by atoms with van der Waals surface area (Å²) in [5.74, 6) is 1.33. The molecular weight excluding hydrogens is 487 g/mol. The minimum atomic E-state index is -0.370. The van der Waals surface area contributed by atoms with Crippen LogP contribution in [0.25, 0.3) is 17.0 Å². The molecule has 0 unspecified atom stereocenters. The molecule has 7 nitrogen and oxygen atoms in total. The number of fused-ring (bicyclic) bond motifs is 2. The Bertz CT molecular complexity index is 1420. The highest BCUT2D eigenvalue weighted by molar-refractivity contribution is 5.88. The van der Waals surface area contributed by atoms with E-state index in [9.17, 15) is 4.79 Å². The lowest BCUT2D eigenvalue weighted by Crippen LogP contribution is -2.52. The molecule has 1 aromatic heterocycles. The van der Waals surface area contributed by atoms with Crippen LogP contribution in [-0.2, 0) is 16.0 Å². The van der Waals surface area contributed by atoms with Gasteiger partial charge in [0.2, 0.25) is 5.91 Å². The largest absolute Gasteiger partial charge is 0.493 e. The van der Waals surface area contributed by atoms with Gasteiger partial charge < -0.3 is 23.8 Å². The number of hydrogen-bond donors (Lipinski definition) is 0. The highest BCUT2D eigenvalue weighted by Crippen LogP contribution is 2.40. The molecule has 8 heteroatoms. The molecule has 0 bridgehead atoms. The number of hydrogen-bond acceptors (Lipinski definition) is 6. The van der Waals surface area contributed by atoms with E-state index in [1.165, 1.54) is 0 Å². The summed E-state index contributed by atoms with van der Waals surface area (Å²) in [6, 6.07) is 8.81. The van der Waals surface area contributed by atoms with Crippen molar-refractivity contribution in [3.63, 3.8) is 0 Å². The number of pyridine rings is 1. The van der Waals surface area contributed by atoms with Gasteiger partial charge in [-0.25, -0.2) is 4.39 Å². The number of halogens is 1. The van der Waals surface area contributed by atoms with Gasteiger partial charge in [-0.3, -0.25) is 9.78 Å². The zero-order valence-corrected chi connectivity index (χ0v) is 21.7. The Balaban J connectivity index is 1.15. The van der Waals surface area contributed by atoms with E-state index in [0.717, 1.165) is 56.7 Å². The van der Waals surface area contributed by atoms with E-state index in [1.807, 2.05) is 24.0 Å². The summed E-state index contributed by atoms with van der Waals surface area (Å²) in [5.41, 5.74) is 3.58. The van der Waals surface area contributed by atoms with Gasteiger partial charge in [0.25, 0.3) is 0 Å². The lowest BCUT2D eigenvalue weighted by atomic mass is 9.77. The van der Waals surface area contributed by atoms with Crippen molar-refractivity contribution in [2.45, 2.75) is 32.6 Å². The molecule has 38 heavy (non-hydrogen) atoms. The predicted molar refractivity (Wildman–Crippen MR) is 141 cm³/mol. The fourth-order valence-electron chi connectivity index (χ4n) is 5.52. The lowest BCUT2D eigenvalue weighted by Gasteiger charge is -2.47. The second-order valence-corrected chi connectivity index (χ2v) is 10.5. The first-order valence-corrected chi connectivity index (χ1v) is 13.1. The minimum absolute atomic E-state index is 0.0927. The van der Waals surface area contributed by atoms with Gasteiger partial charge in [0, 0.05) is 41.7 Å². The number of carbonyl (C=O) groups is 1. The molecule has 0 radical (unpaired) electrons. The molecule has 2 fully saturated rings. The van der Waals surface area contributed by atoms with E-state index < -0.39 is 0 Å². The van der Waals surface area contributed by atoms with Crippen LogP contribution in [0.1, 0.15) is 37.3 Å². The topological polar surface area (TPSA) is 70.1 Å². The Morgan fingerprint density at radius 2 is 1.92 bits per heavy atom. The van der Waals surface area contributed by atoms with Crippen molar-refractivity contribution in [2.24, 2.45) is 5.41 Å².